The first-order valence-corrected chi connectivity index (χ1v) is 5.20. The van der Waals surface area contributed by atoms with E-state index in [1.807, 2.05) is 6.92 Å². The maximum absolute atomic E-state index is 11.6. The first-order chi connectivity index (χ1) is 7.24. The summed E-state index contributed by atoms with van der Waals surface area (Å²) in [5.74, 6) is 0.0289. The summed E-state index contributed by atoms with van der Waals surface area (Å²) in [5.41, 5.74) is 0. The lowest BCUT2D eigenvalue weighted by atomic mass is 10.3. The van der Waals surface area contributed by atoms with Gasteiger partial charge in [-0.05, 0) is 6.92 Å². The zero-order chi connectivity index (χ0) is 11.1. The molecule has 0 aromatic carbocycles. The minimum atomic E-state index is 0.0289. The summed E-state index contributed by atoms with van der Waals surface area (Å²) in [6.45, 7) is 5.02. The van der Waals surface area contributed by atoms with Gasteiger partial charge in [-0.3, -0.25) is 4.79 Å². The second kappa shape index (κ2) is 6.76. The van der Waals surface area contributed by atoms with Crippen molar-refractivity contribution in [2.24, 2.45) is 0 Å². The van der Waals surface area contributed by atoms with E-state index >= 15 is 0 Å². The molecule has 1 saturated heterocycles. The molecule has 0 aromatic heterocycles. The Morgan fingerprint density at radius 2 is 2.33 bits per heavy atom. The van der Waals surface area contributed by atoms with Gasteiger partial charge in [-0.15, -0.1) is 0 Å². The van der Waals surface area contributed by atoms with E-state index in [9.17, 15) is 4.79 Å². The van der Waals surface area contributed by atoms with Gasteiger partial charge in [0, 0.05) is 20.2 Å². The lowest BCUT2D eigenvalue weighted by Gasteiger charge is -2.31. The highest BCUT2D eigenvalue weighted by molar-refractivity contribution is 5.77. The SMILES string of the molecule is COCCOCC(=O)N1CCOC(C)C1. The second-order valence-electron chi connectivity index (χ2n) is 3.57. The molecular weight excluding hydrogens is 198 g/mol. The highest BCUT2D eigenvalue weighted by atomic mass is 16.5. The van der Waals surface area contributed by atoms with Gasteiger partial charge in [-0.2, -0.15) is 0 Å². The van der Waals surface area contributed by atoms with E-state index in [1.165, 1.54) is 0 Å². The molecule has 0 radical (unpaired) electrons. The zero-order valence-electron chi connectivity index (χ0n) is 9.40. The molecule has 15 heavy (non-hydrogen) atoms. The van der Waals surface area contributed by atoms with Crippen molar-refractivity contribution in [3.63, 3.8) is 0 Å². The molecule has 1 atom stereocenters. The third-order valence-electron chi connectivity index (χ3n) is 2.25. The van der Waals surface area contributed by atoms with Gasteiger partial charge in [0.1, 0.15) is 6.61 Å². The maximum atomic E-state index is 11.6. The van der Waals surface area contributed by atoms with E-state index in [4.69, 9.17) is 14.2 Å². The molecular formula is C10H19NO4. The van der Waals surface area contributed by atoms with Crippen LogP contribution in [0.4, 0.5) is 0 Å². The van der Waals surface area contributed by atoms with Crippen LogP contribution in [0.2, 0.25) is 0 Å². The van der Waals surface area contributed by atoms with Crippen molar-refractivity contribution in [1.29, 1.82) is 0 Å². The molecule has 88 valence electrons. The van der Waals surface area contributed by atoms with Crippen LogP contribution >= 0.6 is 0 Å². The molecule has 0 N–H and O–H groups in total. The van der Waals surface area contributed by atoms with E-state index in [0.717, 1.165) is 0 Å². The largest absolute Gasteiger partial charge is 0.382 e. The monoisotopic (exact) mass is 217 g/mol. The Morgan fingerprint density at radius 1 is 1.53 bits per heavy atom. The molecule has 0 spiro atoms. The summed E-state index contributed by atoms with van der Waals surface area (Å²) < 4.78 is 15.3. The quantitative estimate of drug-likeness (QED) is 0.603. The Balaban J connectivity index is 2.15. The highest BCUT2D eigenvalue weighted by Crippen LogP contribution is 2.04. The van der Waals surface area contributed by atoms with Gasteiger partial charge in [0.2, 0.25) is 5.91 Å². The summed E-state index contributed by atoms with van der Waals surface area (Å²) >= 11 is 0. The van der Waals surface area contributed by atoms with Crippen LogP contribution in [-0.4, -0.2) is 63.5 Å². The number of carbonyl (C=O) groups excluding carboxylic acids is 1. The van der Waals surface area contributed by atoms with Gasteiger partial charge < -0.3 is 19.1 Å². The van der Waals surface area contributed by atoms with Gasteiger partial charge in [0.05, 0.1) is 25.9 Å². The number of nitrogens with zero attached hydrogens (tertiary/aromatic N) is 1. The lowest BCUT2D eigenvalue weighted by Crippen LogP contribution is -2.46. The Kier molecular flexibility index (Phi) is 5.60. The van der Waals surface area contributed by atoms with E-state index in [1.54, 1.807) is 12.0 Å². The Morgan fingerprint density at radius 3 is 3.00 bits per heavy atom. The molecule has 5 heteroatoms. The molecule has 1 fully saturated rings. The lowest BCUT2D eigenvalue weighted by molar-refractivity contribution is -0.143. The number of amides is 1. The third kappa shape index (κ3) is 4.59. The summed E-state index contributed by atoms with van der Waals surface area (Å²) in [6, 6.07) is 0. The van der Waals surface area contributed by atoms with Crippen LogP contribution in [0.3, 0.4) is 0 Å². The summed E-state index contributed by atoms with van der Waals surface area (Å²) in [6.07, 6.45) is 0.127. The van der Waals surface area contributed by atoms with Crippen molar-refractivity contribution in [3.05, 3.63) is 0 Å². The van der Waals surface area contributed by atoms with Crippen molar-refractivity contribution >= 4 is 5.91 Å². The van der Waals surface area contributed by atoms with Crippen molar-refractivity contribution in [2.75, 3.05) is 46.6 Å². The molecule has 1 aliphatic heterocycles. The van der Waals surface area contributed by atoms with Crippen LogP contribution in [0.15, 0.2) is 0 Å². The van der Waals surface area contributed by atoms with Crippen LogP contribution in [0.5, 0.6) is 0 Å². The molecule has 0 bridgehead atoms. The maximum Gasteiger partial charge on any atom is 0.248 e. The minimum Gasteiger partial charge on any atom is -0.382 e. The highest BCUT2D eigenvalue weighted by Gasteiger charge is 2.20. The molecule has 1 unspecified atom stereocenters. The molecule has 0 saturated carbocycles. The predicted molar refractivity (Wildman–Crippen MR) is 54.7 cm³/mol. The predicted octanol–water partition coefficient (Wildman–Crippen LogP) is -0.103. The summed E-state index contributed by atoms with van der Waals surface area (Å²) in [7, 11) is 1.61. The van der Waals surface area contributed by atoms with Crippen molar-refractivity contribution in [1.82, 2.24) is 4.90 Å². The Labute approximate surface area is 90.3 Å². The zero-order valence-corrected chi connectivity index (χ0v) is 9.40. The first-order valence-electron chi connectivity index (χ1n) is 5.20. The number of morpholine rings is 1. The van der Waals surface area contributed by atoms with Crippen LogP contribution in [-0.2, 0) is 19.0 Å². The number of rotatable bonds is 5. The smallest absolute Gasteiger partial charge is 0.248 e. The van der Waals surface area contributed by atoms with E-state index in [2.05, 4.69) is 0 Å². The molecule has 5 nitrogen and oxygen atoms in total. The average molecular weight is 217 g/mol. The van der Waals surface area contributed by atoms with E-state index in [0.29, 0.717) is 32.9 Å². The van der Waals surface area contributed by atoms with Crippen LogP contribution in [0.25, 0.3) is 0 Å². The molecule has 1 rings (SSSR count). The van der Waals surface area contributed by atoms with E-state index < -0.39 is 0 Å². The molecule has 1 aliphatic rings. The summed E-state index contributed by atoms with van der Waals surface area (Å²) in [4.78, 5) is 13.4. The normalized spacial score (nSPS) is 21.7. The number of hydrogen-bond donors (Lipinski definition) is 0. The van der Waals surface area contributed by atoms with Gasteiger partial charge in [0.25, 0.3) is 0 Å². The Bertz CT molecular complexity index is 198. The second-order valence-corrected chi connectivity index (χ2v) is 3.57. The number of hydrogen-bond acceptors (Lipinski definition) is 4. The fourth-order valence-electron chi connectivity index (χ4n) is 1.44. The third-order valence-corrected chi connectivity index (χ3v) is 2.25. The standard InChI is InChI=1S/C10H19NO4/c1-9-7-11(3-4-15-9)10(12)8-14-6-5-13-2/h9H,3-8H2,1-2H3. The van der Waals surface area contributed by atoms with Gasteiger partial charge in [0.15, 0.2) is 0 Å². The molecule has 1 amide bonds. The van der Waals surface area contributed by atoms with Crippen LogP contribution in [0, 0.1) is 0 Å². The number of methoxy groups -OCH3 is 1. The first kappa shape index (κ1) is 12.4. The number of carbonyl (C=O) groups is 1. The molecule has 0 aliphatic carbocycles. The van der Waals surface area contributed by atoms with Gasteiger partial charge in [-0.25, -0.2) is 0 Å². The topological polar surface area (TPSA) is 48.0 Å². The van der Waals surface area contributed by atoms with Crippen molar-refractivity contribution in [3.8, 4) is 0 Å². The fourth-order valence-corrected chi connectivity index (χ4v) is 1.44. The van der Waals surface area contributed by atoms with Crippen molar-refractivity contribution in [2.45, 2.75) is 13.0 Å². The van der Waals surface area contributed by atoms with Gasteiger partial charge in [-0.1, -0.05) is 0 Å². The van der Waals surface area contributed by atoms with Crippen LogP contribution in [0.1, 0.15) is 6.92 Å². The Hall–Kier alpha value is -0.650. The average Bonchev–Trinajstić information content (AvgIpc) is 2.24. The van der Waals surface area contributed by atoms with Gasteiger partial charge >= 0.3 is 0 Å². The molecule has 0 aromatic rings. The van der Waals surface area contributed by atoms with E-state index in [-0.39, 0.29) is 18.6 Å². The van der Waals surface area contributed by atoms with Crippen molar-refractivity contribution < 1.29 is 19.0 Å². The summed E-state index contributed by atoms with van der Waals surface area (Å²) in [5, 5.41) is 0. The van der Waals surface area contributed by atoms with Crippen LogP contribution < -0.4 is 0 Å². The molecule has 1 heterocycles. The number of ether oxygens (including phenoxy) is 3. The fraction of sp³-hybridized carbons (Fsp3) is 0.900. The minimum absolute atomic E-state index is 0.0289.